The smallest absolute Gasteiger partial charge is 0.339 e. The maximum absolute atomic E-state index is 13.6. The largest absolute Gasteiger partial charge is 0.481 e. The zero-order valence-corrected chi connectivity index (χ0v) is 22.6. The average Bonchev–Trinajstić information content (AvgIpc) is 2.90. The van der Waals surface area contributed by atoms with Crippen LogP contribution in [0.2, 0.25) is 0 Å². The second kappa shape index (κ2) is 16.1. The summed E-state index contributed by atoms with van der Waals surface area (Å²) in [6, 6.07) is 18.3. The van der Waals surface area contributed by atoms with Crippen LogP contribution in [0, 0.1) is 0 Å². The van der Waals surface area contributed by atoms with Gasteiger partial charge < -0.3 is 9.84 Å². The molecule has 0 aliphatic heterocycles. The molecule has 0 saturated carbocycles. The normalized spacial score (nSPS) is 12.1. The van der Waals surface area contributed by atoms with E-state index >= 15 is 0 Å². The van der Waals surface area contributed by atoms with Crippen LogP contribution in [0.25, 0.3) is 21.5 Å². The van der Waals surface area contributed by atoms with E-state index in [9.17, 15) is 9.59 Å². The van der Waals surface area contributed by atoms with Gasteiger partial charge in [0.15, 0.2) is 0 Å². The van der Waals surface area contributed by atoms with Crippen LogP contribution in [-0.2, 0) is 9.53 Å². The van der Waals surface area contributed by atoms with Crippen molar-refractivity contribution in [3.8, 4) is 0 Å². The van der Waals surface area contributed by atoms with E-state index in [1.165, 1.54) is 38.5 Å². The highest BCUT2D eigenvalue weighted by atomic mass is 16.5. The molecule has 0 spiro atoms. The first-order valence-electron chi connectivity index (χ1n) is 14.4. The number of carbonyl (C=O) groups is 2. The van der Waals surface area contributed by atoms with Gasteiger partial charge in [-0.05, 0) is 59.7 Å². The van der Waals surface area contributed by atoms with Crippen molar-refractivity contribution < 1.29 is 19.4 Å². The molecular weight excluding hydrogens is 460 g/mol. The summed E-state index contributed by atoms with van der Waals surface area (Å²) < 4.78 is 6.24. The zero-order chi connectivity index (χ0) is 26.3. The van der Waals surface area contributed by atoms with Gasteiger partial charge in [0.2, 0.25) is 0 Å². The lowest BCUT2D eigenvalue weighted by atomic mass is 9.96. The minimum absolute atomic E-state index is 0.0434. The molecule has 3 rings (SSSR count). The van der Waals surface area contributed by atoms with Crippen molar-refractivity contribution in [1.82, 2.24) is 0 Å². The number of rotatable bonds is 18. The Kier molecular flexibility index (Phi) is 12.5. The van der Waals surface area contributed by atoms with E-state index < -0.39 is 5.97 Å². The average molecular weight is 505 g/mol. The third-order valence-electron chi connectivity index (χ3n) is 7.30. The lowest BCUT2D eigenvalue weighted by molar-refractivity contribution is -0.137. The number of ether oxygens (including phenoxy) is 1. The SMILES string of the molecule is CCCCCC[C@H](CCCCCCCCCCC(=O)O)OC(=O)c1c2ccccc2cc2ccccc12. The Morgan fingerprint density at radius 2 is 1.19 bits per heavy atom. The van der Waals surface area contributed by atoms with Gasteiger partial charge in [0.25, 0.3) is 0 Å². The molecule has 200 valence electrons. The van der Waals surface area contributed by atoms with Crippen molar-refractivity contribution in [3.63, 3.8) is 0 Å². The molecule has 0 heterocycles. The van der Waals surface area contributed by atoms with Gasteiger partial charge in [0.05, 0.1) is 5.56 Å². The zero-order valence-electron chi connectivity index (χ0n) is 22.6. The summed E-state index contributed by atoms with van der Waals surface area (Å²) in [5, 5.41) is 12.8. The quantitative estimate of drug-likeness (QED) is 0.106. The summed E-state index contributed by atoms with van der Waals surface area (Å²) in [5.74, 6) is -0.895. The molecule has 3 aromatic carbocycles. The number of carboxylic acids is 1. The van der Waals surface area contributed by atoms with Crippen LogP contribution in [0.3, 0.4) is 0 Å². The molecule has 4 nitrogen and oxygen atoms in total. The van der Waals surface area contributed by atoms with Gasteiger partial charge in [-0.3, -0.25) is 4.79 Å². The molecule has 0 amide bonds. The van der Waals surface area contributed by atoms with Gasteiger partial charge in [0, 0.05) is 6.42 Å². The topological polar surface area (TPSA) is 63.6 Å². The highest BCUT2D eigenvalue weighted by molar-refractivity contribution is 6.16. The van der Waals surface area contributed by atoms with Crippen molar-refractivity contribution in [1.29, 1.82) is 0 Å². The number of carbonyl (C=O) groups excluding carboxylic acids is 1. The second-order valence-corrected chi connectivity index (χ2v) is 10.3. The van der Waals surface area contributed by atoms with Crippen LogP contribution in [0.1, 0.15) is 114 Å². The molecule has 0 fully saturated rings. The fourth-order valence-corrected chi connectivity index (χ4v) is 5.21. The Balaban J connectivity index is 1.56. The molecular formula is C33H44O4. The summed E-state index contributed by atoms with van der Waals surface area (Å²) in [6.45, 7) is 2.22. The van der Waals surface area contributed by atoms with Crippen LogP contribution in [0.5, 0.6) is 0 Å². The van der Waals surface area contributed by atoms with Crippen LogP contribution >= 0.6 is 0 Å². The van der Waals surface area contributed by atoms with E-state index in [4.69, 9.17) is 9.84 Å². The van der Waals surface area contributed by atoms with E-state index in [1.54, 1.807) is 0 Å². The Morgan fingerprint density at radius 1 is 0.703 bits per heavy atom. The fraction of sp³-hybridized carbons (Fsp3) is 0.515. The van der Waals surface area contributed by atoms with Gasteiger partial charge in [-0.25, -0.2) is 4.79 Å². The summed E-state index contributed by atoms with van der Waals surface area (Å²) >= 11 is 0. The van der Waals surface area contributed by atoms with Crippen molar-refractivity contribution >= 4 is 33.5 Å². The molecule has 4 heteroatoms. The maximum atomic E-state index is 13.6. The Labute approximate surface area is 222 Å². The lowest BCUT2D eigenvalue weighted by Gasteiger charge is -2.20. The molecule has 0 aliphatic rings. The lowest BCUT2D eigenvalue weighted by Crippen LogP contribution is -2.19. The van der Waals surface area contributed by atoms with Crippen molar-refractivity contribution in [2.45, 2.75) is 109 Å². The number of hydrogen-bond acceptors (Lipinski definition) is 3. The summed E-state index contributed by atoms with van der Waals surface area (Å²) in [5.41, 5.74) is 0.690. The summed E-state index contributed by atoms with van der Waals surface area (Å²) in [7, 11) is 0. The van der Waals surface area contributed by atoms with E-state index in [0.29, 0.717) is 5.56 Å². The van der Waals surface area contributed by atoms with Crippen molar-refractivity contribution in [2.75, 3.05) is 0 Å². The number of aliphatic carboxylic acids is 1. The van der Waals surface area contributed by atoms with Gasteiger partial charge in [-0.2, -0.15) is 0 Å². The fourth-order valence-electron chi connectivity index (χ4n) is 5.21. The van der Waals surface area contributed by atoms with Crippen LogP contribution in [-0.4, -0.2) is 23.1 Å². The van der Waals surface area contributed by atoms with Crippen LogP contribution in [0.4, 0.5) is 0 Å². The first-order valence-corrected chi connectivity index (χ1v) is 14.4. The van der Waals surface area contributed by atoms with Gasteiger partial charge in [-0.15, -0.1) is 0 Å². The third-order valence-corrected chi connectivity index (χ3v) is 7.30. The molecule has 0 radical (unpaired) electrons. The van der Waals surface area contributed by atoms with E-state index in [2.05, 4.69) is 25.1 Å². The number of unbranched alkanes of at least 4 members (excludes halogenated alkanes) is 10. The number of fused-ring (bicyclic) bond motifs is 2. The Bertz CT molecular complexity index is 1070. The third kappa shape index (κ3) is 9.50. The Hall–Kier alpha value is -2.88. The first kappa shape index (κ1) is 28.7. The van der Waals surface area contributed by atoms with Crippen LogP contribution < -0.4 is 0 Å². The molecule has 0 aliphatic carbocycles. The summed E-state index contributed by atoms with van der Waals surface area (Å²) in [6.07, 6.45) is 15.5. The minimum atomic E-state index is -0.696. The predicted molar refractivity (Wildman–Crippen MR) is 153 cm³/mol. The molecule has 0 bridgehead atoms. The molecule has 1 N–H and O–H groups in total. The number of esters is 1. The molecule has 3 aromatic rings. The molecule has 0 saturated heterocycles. The molecule has 0 unspecified atom stereocenters. The molecule has 1 atom stereocenters. The highest BCUT2D eigenvalue weighted by Gasteiger charge is 2.20. The minimum Gasteiger partial charge on any atom is -0.481 e. The highest BCUT2D eigenvalue weighted by Crippen LogP contribution is 2.30. The second-order valence-electron chi connectivity index (χ2n) is 10.3. The summed E-state index contributed by atoms with van der Waals surface area (Å²) in [4.78, 5) is 24.2. The number of benzene rings is 3. The standard InChI is InChI=1S/C33H44O4/c1-2-3-4-11-20-28(21-12-9-7-5-6-8-10-13-24-31(34)35)37-33(36)32-29-22-16-14-18-26(29)25-27-19-15-17-23-30(27)32/h14-19,22-23,25,28H,2-13,20-21,24H2,1H3,(H,34,35)/t28-/m1/s1. The van der Waals surface area contributed by atoms with Crippen molar-refractivity contribution in [3.05, 3.63) is 60.2 Å². The maximum Gasteiger partial charge on any atom is 0.339 e. The van der Waals surface area contributed by atoms with Crippen LogP contribution in [0.15, 0.2) is 54.6 Å². The van der Waals surface area contributed by atoms with Gasteiger partial charge in [-0.1, -0.05) is 113 Å². The predicted octanol–water partition coefficient (Wildman–Crippen LogP) is 9.47. The van der Waals surface area contributed by atoms with E-state index in [1.807, 2.05) is 36.4 Å². The van der Waals surface area contributed by atoms with E-state index in [-0.39, 0.29) is 18.5 Å². The monoisotopic (exact) mass is 504 g/mol. The first-order chi connectivity index (χ1) is 18.1. The number of hydrogen-bond donors (Lipinski definition) is 1. The van der Waals surface area contributed by atoms with Crippen molar-refractivity contribution in [2.24, 2.45) is 0 Å². The Morgan fingerprint density at radius 3 is 1.73 bits per heavy atom. The molecule has 37 heavy (non-hydrogen) atoms. The van der Waals surface area contributed by atoms with Gasteiger partial charge >= 0.3 is 11.9 Å². The van der Waals surface area contributed by atoms with Gasteiger partial charge in [0.1, 0.15) is 6.10 Å². The number of carboxylic acid groups (broad SMARTS) is 1. The molecule has 0 aromatic heterocycles. The van der Waals surface area contributed by atoms with E-state index in [0.717, 1.165) is 72.9 Å².